The van der Waals surface area contributed by atoms with Crippen molar-refractivity contribution in [3.05, 3.63) is 0 Å². The molecular formula is C13H23NO2S. The number of hydrogen-bond donors (Lipinski definition) is 2. The molecule has 1 atom stereocenters. The molecule has 2 N–H and O–H groups in total. The monoisotopic (exact) mass is 257 g/mol. The van der Waals surface area contributed by atoms with E-state index in [1.165, 1.54) is 25.7 Å². The van der Waals surface area contributed by atoms with Gasteiger partial charge in [0.25, 0.3) is 0 Å². The zero-order valence-electron chi connectivity index (χ0n) is 10.4. The Bertz CT molecular complexity index is 248. The van der Waals surface area contributed by atoms with Crippen molar-refractivity contribution in [1.29, 1.82) is 0 Å². The lowest BCUT2D eigenvalue weighted by molar-refractivity contribution is -0.143. The maximum Gasteiger partial charge on any atom is 0.308 e. The summed E-state index contributed by atoms with van der Waals surface area (Å²) in [5.74, 6) is 1.89. The molecule has 17 heavy (non-hydrogen) atoms. The van der Waals surface area contributed by atoms with Crippen molar-refractivity contribution < 1.29 is 9.90 Å². The van der Waals surface area contributed by atoms with Crippen molar-refractivity contribution in [3.63, 3.8) is 0 Å². The van der Waals surface area contributed by atoms with Crippen molar-refractivity contribution in [1.82, 2.24) is 5.32 Å². The first-order chi connectivity index (χ1) is 8.27. The van der Waals surface area contributed by atoms with Crippen molar-refractivity contribution in [2.75, 3.05) is 18.1 Å². The third kappa shape index (κ3) is 3.88. The van der Waals surface area contributed by atoms with E-state index in [0.29, 0.717) is 18.5 Å². The highest BCUT2D eigenvalue weighted by atomic mass is 32.2. The first-order valence-electron chi connectivity index (χ1n) is 6.81. The Balaban J connectivity index is 1.80. The molecule has 0 spiro atoms. The van der Waals surface area contributed by atoms with Crippen LogP contribution in [0.25, 0.3) is 0 Å². The molecule has 1 aliphatic carbocycles. The smallest absolute Gasteiger partial charge is 0.308 e. The average Bonchev–Trinajstić information content (AvgIpc) is 2.83. The van der Waals surface area contributed by atoms with Crippen molar-refractivity contribution in [3.8, 4) is 0 Å². The van der Waals surface area contributed by atoms with E-state index < -0.39 is 5.97 Å². The van der Waals surface area contributed by atoms with E-state index in [0.717, 1.165) is 24.3 Å². The largest absolute Gasteiger partial charge is 0.481 e. The minimum atomic E-state index is -0.604. The molecule has 2 aliphatic rings. The Hall–Kier alpha value is -0.220. The maximum atomic E-state index is 11.4. The number of aliphatic carboxylic acids is 1. The predicted molar refractivity (Wildman–Crippen MR) is 71.4 cm³/mol. The zero-order chi connectivity index (χ0) is 12.1. The SMILES string of the molecule is O=C(O)C(CNC1CCCC1)C1CCSCC1. The fourth-order valence-corrected chi connectivity index (χ4v) is 4.14. The Labute approximate surface area is 108 Å². The standard InChI is InChI=1S/C13H23NO2S/c15-13(16)12(10-5-7-17-8-6-10)9-14-11-3-1-2-4-11/h10-12,14H,1-9H2,(H,15,16). The van der Waals surface area contributed by atoms with Gasteiger partial charge in [-0.3, -0.25) is 4.79 Å². The molecule has 0 aromatic heterocycles. The summed E-state index contributed by atoms with van der Waals surface area (Å²) in [5.41, 5.74) is 0. The first-order valence-corrected chi connectivity index (χ1v) is 7.97. The van der Waals surface area contributed by atoms with Crippen molar-refractivity contribution in [2.45, 2.75) is 44.6 Å². The number of nitrogens with one attached hydrogen (secondary N) is 1. The molecule has 0 aromatic rings. The summed E-state index contributed by atoms with van der Waals surface area (Å²) in [5, 5.41) is 12.8. The van der Waals surface area contributed by atoms with Gasteiger partial charge in [-0.15, -0.1) is 0 Å². The van der Waals surface area contributed by atoms with Gasteiger partial charge in [-0.05, 0) is 43.1 Å². The second-order valence-electron chi connectivity index (χ2n) is 5.28. The maximum absolute atomic E-state index is 11.4. The zero-order valence-corrected chi connectivity index (χ0v) is 11.2. The highest BCUT2D eigenvalue weighted by Crippen LogP contribution is 2.29. The number of hydrogen-bond acceptors (Lipinski definition) is 3. The van der Waals surface area contributed by atoms with E-state index in [9.17, 15) is 9.90 Å². The molecule has 98 valence electrons. The summed E-state index contributed by atoms with van der Waals surface area (Å²) >= 11 is 1.96. The van der Waals surface area contributed by atoms with Gasteiger partial charge in [0.1, 0.15) is 0 Å². The second-order valence-corrected chi connectivity index (χ2v) is 6.51. The molecule has 1 heterocycles. The van der Waals surface area contributed by atoms with Crippen LogP contribution in [0.5, 0.6) is 0 Å². The molecule has 1 saturated heterocycles. The number of carbonyl (C=O) groups is 1. The lowest BCUT2D eigenvalue weighted by Crippen LogP contribution is -2.39. The van der Waals surface area contributed by atoms with Crippen LogP contribution in [0.2, 0.25) is 0 Å². The van der Waals surface area contributed by atoms with Gasteiger partial charge in [0.05, 0.1) is 5.92 Å². The van der Waals surface area contributed by atoms with Gasteiger partial charge < -0.3 is 10.4 Å². The van der Waals surface area contributed by atoms with Crippen LogP contribution < -0.4 is 5.32 Å². The quantitative estimate of drug-likeness (QED) is 0.794. The molecule has 3 nitrogen and oxygen atoms in total. The molecule has 0 aromatic carbocycles. The van der Waals surface area contributed by atoms with Crippen molar-refractivity contribution >= 4 is 17.7 Å². The van der Waals surface area contributed by atoms with Gasteiger partial charge >= 0.3 is 5.97 Å². The normalized spacial score (nSPS) is 24.9. The molecule has 1 unspecified atom stereocenters. The number of thioether (sulfide) groups is 1. The van der Waals surface area contributed by atoms with E-state index in [1.54, 1.807) is 0 Å². The summed E-state index contributed by atoms with van der Waals surface area (Å²) in [6.45, 7) is 0.676. The van der Waals surface area contributed by atoms with E-state index in [-0.39, 0.29) is 5.92 Å². The topological polar surface area (TPSA) is 49.3 Å². The second kappa shape index (κ2) is 6.64. The van der Waals surface area contributed by atoms with Gasteiger partial charge in [-0.2, -0.15) is 11.8 Å². The number of carboxylic acids is 1. The first kappa shape index (κ1) is 13.2. The third-order valence-electron chi connectivity index (χ3n) is 4.13. The minimum absolute atomic E-state index is 0.170. The Kier molecular flexibility index (Phi) is 5.16. The summed E-state index contributed by atoms with van der Waals surface area (Å²) in [4.78, 5) is 11.4. The molecular weight excluding hydrogens is 234 g/mol. The summed E-state index contributed by atoms with van der Waals surface area (Å²) < 4.78 is 0. The lowest BCUT2D eigenvalue weighted by atomic mass is 9.87. The van der Waals surface area contributed by atoms with Crippen LogP contribution in [0.1, 0.15) is 38.5 Å². The lowest BCUT2D eigenvalue weighted by Gasteiger charge is -2.28. The van der Waals surface area contributed by atoms with Crippen LogP contribution in [0.3, 0.4) is 0 Å². The van der Waals surface area contributed by atoms with Crippen LogP contribution in [-0.4, -0.2) is 35.2 Å². The van der Waals surface area contributed by atoms with E-state index in [2.05, 4.69) is 5.32 Å². The molecule has 2 rings (SSSR count). The third-order valence-corrected chi connectivity index (χ3v) is 5.18. The predicted octanol–water partition coefficient (Wildman–Crippen LogP) is 2.36. The van der Waals surface area contributed by atoms with E-state index in [1.807, 2.05) is 11.8 Å². The van der Waals surface area contributed by atoms with Crippen LogP contribution in [0.4, 0.5) is 0 Å². The molecule has 1 aliphatic heterocycles. The summed E-state index contributed by atoms with van der Waals surface area (Å²) in [7, 11) is 0. The molecule has 0 radical (unpaired) electrons. The molecule has 0 amide bonds. The number of rotatable bonds is 5. The fourth-order valence-electron chi connectivity index (χ4n) is 3.00. The van der Waals surface area contributed by atoms with Crippen LogP contribution in [0.15, 0.2) is 0 Å². The minimum Gasteiger partial charge on any atom is -0.481 e. The molecule has 0 bridgehead atoms. The fraction of sp³-hybridized carbons (Fsp3) is 0.923. The van der Waals surface area contributed by atoms with Crippen LogP contribution >= 0.6 is 11.8 Å². The highest BCUT2D eigenvalue weighted by Gasteiger charge is 2.30. The molecule has 2 fully saturated rings. The molecule has 4 heteroatoms. The van der Waals surface area contributed by atoms with E-state index >= 15 is 0 Å². The van der Waals surface area contributed by atoms with Crippen molar-refractivity contribution in [2.24, 2.45) is 11.8 Å². The molecule has 1 saturated carbocycles. The summed E-state index contributed by atoms with van der Waals surface area (Å²) in [6, 6.07) is 0.579. The Morgan fingerprint density at radius 2 is 1.88 bits per heavy atom. The van der Waals surface area contributed by atoms with Crippen LogP contribution in [0, 0.1) is 11.8 Å². The van der Waals surface area contributed by atoms with Gasteiger partial charge in [-0.1, -0.05) is 12.8 Å². The van der Waals surface area contributed by atoms with E-state index in [4.69, 9.17) is 0 Å². The van der Waals surface area contributed by atoms with Gasteiger partial charge in [-0.25, -0.2) is 0 Å². The summed E-state index contributed by atoms with van der Waals surface area (Å²) in [6.07, 6.45) is 7.21. The average molecular weight is 257 g/mol. The Morgan fingerprint density at radius 3 is 2.47 bits per heavy atom. The van der Waals surface area contributed by atoms with Gasteiger partial charge in [0, 0.05) is 12.6 Å². The van der Waals surface area contributed by atoms with Crippen LogP contribution in [-0.2, 0) is 4.79 Å². The Morgan fingerprint density at radius 1 is 1.24 bits per heavy atom. The van der Waals surface area contributed by atoms with Gasteiger partial charge in [0.15, 0.2) is 0 Å². The highest BCUT2D eigenvalue weighted by molar-refractivity contribution is 7.99. The van der Waals surface area contributed by atoms with Gasteiger partial charge in [0.2, 0.25) is 0 Å². The number of carboxylic acid groups (broad SMARTS) is 1.